The molecule has 0 saturated carbocycles. The molecule has 0 amide bonds. The molecule has 0 radical (unpaired) electrons. The van der Waals surface area contributed by atoms with E-state index in [1.807, 2.05) is 0 Å². The predicted octanol–water partition coefficient (Wildman–Crippen LogP) is -5.67. The van der Waals surface area contributed by atoms with Gasteiger partial charge in [0.25, 0.3) is 0 Å². The Kier molecular flexibility index (Phi) is 16.4. The predicted molar refractivity (Wildman–Crippen MR) is 76.1 cm³/mol. The molecule has 15 nitrogen and oxygen atoms in total. The summed E-state index contributed by atoms with van der Waals surface area (Å²) in [5.74, 6) is -10.0. The van der Waals surface area contributed by atoms with Crippen LogP contribution in [0.2, 0.25) is 0 Å². The van der Waals surface area contributed by atoms with Gasteiger partial charge in [0.2, 0.25) is 0 Å². The fourth-order valence-corrected chi connectivity index (χ4v) is 1.43. The van der Waals surface area contributed by atoms with E-state index in [9.17, 15) is 28.8 Å². The summed E-state index contributed by atoms with van der Waals surface area (Å²) in [6.07, 6.45) is -4.58. The van der Waals surface area contributed by atoms with E-state index in [4.69, 9.17) is 40.9 Å². The normalized spacial score (nSPS) is 10.1. The number of hydrogen-bond donors (Lipinski definition) is 8. The van der Waals surface area contributed by atoms with Crippen LogP contribution >= 0.6 is 0 Å². The Hall–Kier alpha value is -2.30. The summed E-state index contributed by atoms with van der Waals surface area (Å²) in [5.41, 5.74) is -5.48. The summed E-state index contributed by atoms with van der Waals surface area (Å²) >= 11 is 0. The third-order valence-corrected chi connectivity index (χ3v) is 2.57. The number of carboxylic acids is 6. The van der Waals surface area contributed by atoms with Gasteiger partial charge in [0.15, 0.2) is 11.2 Å². The van der Waals surface area contributed by atoms with Crippen molar-refractivity contribution >= 4 is 35.8 Å². The molecule has 0 aromatic carbocycles. The van der Waals surface area contributed by atoms with Crippen LogP contribution in [0.15, 0.2) is 0 Å². The van der Waals surface area contributed by atoms with E-state index < -0.39 is 72.7 Å². The van der Waals surface area contributed by atoms with Crippen molar-refractivity contribution < 1.29 is 105 Å². The van der Waals surface area contributed by atoms with Gasteiger partial charge < -0.3 is 46.3 Å². The second kappa shape index (κ2) is 13.8. The van der Waals surface area contributed by atoms with Crippen molar-refractivity contribution in [1.29, 1.82) is 0 Å². The van der Waals surface area contributed by atoms with E-state index in [2.05, 4.69) is 0 Å². The second-order valence-electron chi connectivity index (χ2n) is 4.96. The number of aliphatic carboxylic acids is 6. The van der Waals surface area contributed by atoms with Crippen molar-refractivity contribution in [3.63, 3.8) is 0 Å². The van der Waals surface area contributed by atoms with Crippen molar-refractivity contribution in [3.8, 4) is 0 Å². The number of aliphatic hydroxyl groups is 2. The zero-order valence-corrected chi connectivity index (χ0v) is 16.3. The van der Waals surface area contributed by atoms with Crippen molar-refractivity contribution in [3.05, 3.63) is 0 Å². The molecule has 0 unspecified atom stereocenters. The molecule has 0 aliphatic carbocycles. The summed E-state index contributed by atoms with van der Waals surface area (Å²) in [4.78, 5) is 61.0. The molecule has 156 valence electrons. The molecule has 0 fully saturated rings. The minimum Gasteiger partial charge on any atom is -0.870 e. The standard InChI is InChI=1S/2C6H8O7.Na.H2O/c2*7-3(8)1-6(13,5(11)12)2-4(9)10;;/h2*13H,1-2H2,(H,7,8)(H,9,10)(H,11,12);;1H2/q;;+1;/p-1. The third kappa shape index (κ3) is 13.8. The second-order valence-corrected chi connectivity index (χ2v) is 4.96. The molecular formula is C12H17NaO15. The van der Waals surface area contributed by atoms with Gasteiger partial charge in [-0.3, -0.25) is 19.2 Å². The van der Waals surface area contributed by atoms with Crippen LogP contribution in [0.3, 0.4) is 0 Å². The third-order valence-electron chi connectivity index (χ3n) is 2.57. The summed E-state index contributed by atoms with van der Waals surface area (Å²) in [5, 5.41) is 67.6. The number of carbonyl (C=O) groups is 6. The number of hydrogen-bond acceptors (Lipinski definition) is 9. The first-order chi connectivity index (χ1) is 11.6. The fraction of sp³-hybridized carbons (Fsp3) is 0.500. The maximum Gasteiger partial charge on any atom is 1.00 e. The molecule has 0 aromatic rings. The molecule has 0 aliphatic rings. The summed E-state index contributed by atoms with van der Waals surface area (Å²) in [6, 6.07) is 0. The Balaban J connectivity index is -0.000000192. The Bertz CT molecular complexity index is 514. The fourth-order valence-electron chi connectivity index (χ4n) is 1.43. The molecule has 0 heterocycles. The van der Waals surface area contributed by atoms with Gasteiger partial charge in [-0.1, -0.05) is 0 Å². The SMILES string of the molecule is O=C(O)CC(O)(CC(=O)O)C(=O)O.O=C(O)CC(O)(CC(=O)O)C(=O)O.[Na+].[OH-]. The van der Waals surface area contributed by atoms with Crippen LogP contribution in [-0.2, 0) is 28.8 Å². The molecule has 0 spiro atoms. The average Bonchev–Trinajstić information content (AvgIpc) is 2.34. The minimum atomic E-state index is -2.74. The van der Waals surface area contributed by atoms with Crippen molar-refractivity contribution in [1.82, 2.24) is 0 Å². The van der Waals surface area contributed by atoms with E-state index >= 15 is 0 Å². The number of rotatable bonds is 10. The van der Waals surface area contributed by atoms with Gasteiger partial charge in [-0.15, -0.1) is 0 Å². The van der Waals surface area contributed by atoms with Crippen molar-refractivity contribution in [2.45, 2.75) is 36.9 Å². The first-order valence-corrected chi connectivity index (χ1v) is 6.34. The van der Waals surface area contributed by atoms with Crippen LogP contribution in [-0.4, -0.2) is 93.3 Å². The van der Waals surface area contributed by atoms with Crippen LogP contribution < -0.4 is 29.6 Å². The molecule has 0 bridgehead atoms. The molecule has 0 saturated heterocycles. The number of carboxylic acid groups (broad SMARTS) is 6. The molecule has 9 N–H and O–H groups in total. The Labute approximate surface area is 177 Å². The van der Waals surface area contributed by atoms with Gasteiger partial charge in [0, 0.05) is 0 Å². The molecule has 0 aromatic heterocycles. The van der Waals surface area contributed by atoms with Gasteiger partial charge in [-0.05, 0) is 0 Å². The van der Waals surface area contributed by atoms with E-state index in [0.717, 1.165) is 0 Å². The van der Waals surface area contributed by atoms with Crippen LogP contribution in [0.1, 0.15) is 25.7 Å². The summed E-state index contributed by atoms with van der Waals surface area (Å²) < 4.78 is 0. The summed E-state index contributed by atoms with van der Waals surface area (Å²) in [7, 11) is 0. The molecule has 16 heteroatoms. The van der Waals surface area contributed by atoms with Gasteiger partial charge >= 0.3 is 65.4 Å². The van der Waals surface area contributed by atoms with Crippen LogP contribution in [0.25, 0.3) is 0 Å². The topological polar surface area (TPSA) is 294 Å². The summed E-state index contributed by atoms with van der Waals surface area (Å²) in [6.45, 7) is 0. The first-order valence-electron chi connectivity index (χ1n) is 6.34. The molecule has 0 atom stereocenters. The van der Waals surface area contributed by atoms with E-state index in [1.54, 1.807) is 0 Å². The Morgan fingerprint density at radius 2 is 0.643 bits per heavy atom. The largest absolute Gasteiger partial charge is 1.00 e. The molecule has 0 aliphatic heterocycles. The zero-order valence-electron chi connectivity index (χ0n) is 14.3. The quantitative estimate of drug-likeness (QED) is 0.151. The van der Waals surface area contributed by atoms with E-state index in [1.165, 1.54) is 0 Å². The molecule has 28 heavy (non-hydrogen) atoms. The van der Waals surface area contributed by atoms with Gasteiger partial charge in [0.05, 0.1) is 25.7 Å². The van der Waals surface area contributed by atoms with Crippen molar-refractivity contribution in [2.24, 2.45) is 0 Å². The van der Waals surface area contributed by atoms with Crippen LogP contribution in [0.5, 0.6) is 0 Å². The average molecular weight is 424 g/mol. The van der Waals surface area contributed by atoms with Crippen LogP contribution in [0.4, 0.5) is 0 Å². The maximum atomic E-state index is 10.3. The zero-order chi connectivity index (χ0) is 21.3. The minimum absolute atomic E-state index is 0. The van der Waals surface area contributed by atoms with E-state index in [-0.39, 0.29) is 35.0 Å². The maximum absolute atomic E-state index is 10.3. The van der Waals surface area contributed by atoms with Crippen molar-refractivity contribution in [2.75, 3.05) is 0 Å². The Morgan fingerprint density at radius 1 is 0.500 bits per heavy atom. The van der Waals surface area contributed by atoms with Gasteiger partial charge in [-0.25, -0.2) is 9.59 Å². The molecule has 0 rings (SSSR count). The first kappa shape index (κ1) is 33.3. The van der Waals surface area contributed by atoms with Gasteiger partial charge in [0.1, 0.15) is 0 Å². The van der Waals surface area contributed by atoms with Crippen LogP contribution in [0, 0.1) is 0 Å². The molecular weight excluding hydrogens is 407 g/mol. The smallest absolute Gasteiger partial charge is 0.870 e. The Morgan fingerprint density at radius 3 is 0.714 bits per heavy atom. The van der Waals surface area contributed by atoms with Gasteiger partial charge in [-0.2, -0.15) is 0 Å². The monoisotopic (exact) mass is 424 g/mol. The van der Waals surface area contributed by atoms with E-state index in [0.29, 0.717) is 0 Å².